The summed E-state index contributed by atoms with van der Waals surface area (Å²) in [5, 5.41) is 29.9. The van der Waals surface area contributed by atoms with Crippen LogP contribution < -0.4 is 15.4 Å². The van der Waals surface area contributed by atoms with Crippen LogP contribution in [0.15, 0.2) is 70.0 Å². The molecular weight excluding hydrogens is 452 g/mol. The molecule has 5 rings (SSSR count). The number of benzene rings is 3. The van der Waals surface area contributed by atoms with E-state index < -0.39 is 11.9 Å². The summed E-state index contributed by atoms with van der Waals surface area (Å²) in [5.41, 5.74) is 2.05. The molecule has 0 bridgehead atoms. The van der Waals surface area contributed by atoms with E-state index in [4.69, 9.17) is 4.42 Å². The monoisotopic (exact) mass is 471 g/mol. The summed E-state index contributed by atoms with van der Waals surface area (Å²) in [5.74, 6) is -1.48. The summed E-state index contributed by atoms with van der Waals surface area (Å²) in [6.07, 6.45) is 1.72. The van der Waals surface area contributed by atoms with Crippen LogP contribution in [0.4, 0.5) is 0 Å². The van der Waals surface area contributed by atoms with Crippen LogP contribution in [0.2, 0.25) is 0 Å². The summed E-state index contributed by atoms with van der Waals surface area (Å²) in [6, 6.07) is 13.1. The summed E-state index contributed by atoms with van der Waals surface area (Å²) in [7, 11) is 1.76. The van der Waals surface area contributed by atoms with Gasteiger partial charge in [0.15, 0.2) is 11.6 Å². The highest BCUT2D eigenvalue weighted by molar-refractivity contribution is 6.09. The van der Waals surface area contributed by atoms with Crippen molar-refractivity contribution in [2.24, 2.45) is 7.05 Å². The van der Waals surface area contributed by atoms with Gasteiger partial charge in [0.05, 0.1) is 12.1 Å². The smallest absolute Gasteiger partial charge is 0.336 e. The molecule has 0 fully saturated rings. The zero-order chi connectivity index (χ0) is 24.7. The number of amides is 1. The third-order valence-electron chi connectivity index (χ3n) is 5.58. The number of aromatic amines is 1. The average Bonchev–Trinajstić information content (AvgIpc) is 3.25. The van der Waals surface area contributed by atoms with Gasteiger partial charge in [-0.2, -0.15) is 4.68 Å². The van der Waals surface area contributed by atoms with E-state index in [1.807, 2.05) is 0 Å². The van der Waals surface area contributed by atoms with E-state index >= 15 is 0 Å². The third-order valence-corrected chi connectivity index (χ3v) is 5.58. The normalized spacial score (nSPS) is 11.1. The number of carbonyl (C=O) groups is 2. The minimum atomic E-state index is -1.23. The highest BCUT2D eigenvalue weighted by Crippen LogP contribution is 2.42. The minimum Gasteiger partial charge on any atom is -0.508 e. The Kier molecular flexibility index (Phi) is 5.25. The van der Waals surface area contributed by atoms with Crippen molar-refractivity contribution in [1.29, 1.82) is 0 Å². The predicted octanol–water partition coefficient (Wildman–Crippen LogP) is 2.45. The van der Waals surface area contributed by atoms with Gasteiger partial charge in [-0.05, 0) is 42.0 Å². The van der Waals surface area contributed by atoms with E-state index in [0.29, 0.717) is 27.8 Å². The molecule has 0 saturated carbocycles. The molecule has 10 heteroatoms. The second kappa shape index (κ2) is 8.41. The molecule has 0 atom stereocenters. The van der Waals surface area contributed by atoms with Crippen molar-refractivity contribution in [3.63, 3.8) is 0 Å². The maximum absolute atomic E-state index is 12.7. The first-order valence-electron chi connectivity index (χ1n) is 10.6. The lowest BCUT2D eigenvalue weighted by molar-refractivity contribution is -0.730. The van der Waals surface area contributed by atoms with E-state index in [1.165, 1.54) is 36.4 Å². The predicted molar refractivity (Wildman–Crippen MR) is 124 cm³/mol. The van der Waals surface area contributed by atoms with Crippen molar-refractivity contribution in [3.05, 3.63) is 87.8 Å². The molecular formula is C25H19N4O6+. The average molecular weight is 471 g/mol. The number of aromatic carboxylic acids is 1. The molecule has 10 nitrogen and oxygen atoms in total. The molecule has 3 aromatic rings. The molecule has 1 aliphatic heterocycles. The number of aryl methyl sites for hydroxylation is 1. The molecule has 1 amide bonds. The van der Waals surface area contributed by atoms with Gasteiger partial charge in [0.25, 0.3) is 5.91 Å². The lowest BCUT2D eigenvalue weighted by atomic mass is 9.90. The largest absolute Gasteiger partial charge is 0.508 e. The second-order valence-corrected chi connectivity index (χ2v) is 8.01. The number of phenolic OH excluding ortho intramolecular Hbond substituents is 1. The zero-order valence-electron chi connectivity index (χ0n) is 18.4. The number of carbonyl (C=O) groups excluding carboxylic acids is 1. The van der Waals surface area contributed by atoms with Crippen molar-refractivity contribution in [3.8, 4) is 28.2 Å². The SMILES string of the molecule is C[n+]1cc(CNC(=O)c2ccc(-c3c4ccc(=O)cc-4oc4cc(O)ccc34)c(C(=O)O)c2)n[nH]1. The first kappa shape index (κ1) is 21.8. The Morgan fingerprint density at radius 3 is 2.63 bits per heavy atom. The Hall–Kier alpha value is -4.99. The van der Waals surface area contributed by atoms with Gasteiger partial charge < -0.3 is 19.9 Å². The van der Waals surface area contributed by atoms with Crippen LogP contribution in [0.25, 0.3) is 33.4 Å². The molecule has 1 aliphatic carbocycles. The fraction of sp³-hybridized carbons (Fsp3) is 0.0800. The van der Waals surface area contributed by atoms with Crippen LogP contribution in [-0.2, 0) is 13.6 Å². The molecule has 35 heavy (non-hydrogen) atoms. The number of aromatic hydroxyl groups is 1. The van der Waals surface area contributed by atoms with Gasteiger partial charge in [-0.1, -0.05) is 11.3 Å². The van der Waals surface area contributed by atoms with Gasteiger partial charge in [0.2, 0.25) is 5.69 Å². The molecule has 0 unspecified atom stereocenters. The number of carboxylic acid groups (broad SMARTS) is 1. The van der Waals surface area contributed by atoms with E-state index in [-0.39, 0.29) is 40.2 Å². The number of aromatic nitrogens is 3. The number of phenols is 1. The van der Waals surface area contributed by atoms with Crippen molar-refractivity contribution in [1.82, 2.24) is 15.6 Å². The van der Waals surface area contributed by atoms with Crippen LogP contribution in [0.3, 0.4) is 0 Å². The highest BCUT2D eigenvalue weighted by atomic mass is 16.4. The van der Waals surface area contributed by atoms with Crippen molar-refractivity contribution in [2.45, 2.75) is 6.54 Å². The number of H-pyrrole nitrogens is 1. The maximum atomic E-state index is 12.7. The minimum absolute atomic E-state index is 0.0409. The van der Waals surface area contributed by atoms with Gasteiger partial charge in [0, 0.05) is 39.3 Å². The molecule has 2 aliphatic rings. The summed E-state index contributed by atoms with van der Waals surface area (Å²) in [6.45, 7) is 0.164. The van der Waals surface area contributed by atoms with Crippen LogP contribution in [0.5, 0.6) is 5.75 Å². The fourth-order valence-electron chi connectivity index (χ4n) is 4.01. The van der Waals surface area contributed by atoms with Gasteiger partial charge in [0.1, 0.15) is 24.1 Å². The molecule has 0 radical (unpaired) electrons. The lowest BCUT2D eigenvalue weighted by Crippen LogP contribution is -2.29. The first-order valence-corrected chi connectivity index (χ1v) is 10.6. The van der Waals surface area contributed by atoms with Gasteiger partial charge in [-0.15, -0.1) is 0 Å². The summed E-state index contributed by atoms with van der Waals surface area (Å²) in [4.78, 5) is 36.9. The van der Waals surface area contributed by atoms with E-state index in [0.717, 1.165) is 0 Å². The topological polar surface area (TPSA) is 149 Å². The lowest BCUT2D eigenvalue weighted by Gasteiger charge is -2.17. The van der Waals surface area contributed by atoms with E-state index in [2.05, 4.69) is 15.6 Å². The molecule has 174 valence electrons. The van der Waals surface area contributed by atoms with Gasteiger partial charge in [-0.3, -0.25) is 9.59 Å². The number of rotatable bonds is 5. The zero-order valence-corrected chi connectivity index (χ0v) is 18.4. The maximum Gasteiger partial charge on any atom is 0.336 e. The first-order chi connectivity index (χ1) is 16.8. The quantitative estimate of drug-likeness (QED) is 0.227. The van der Waals surface area contributed by atoms with Crippen LogP contribution in [0.1, 0.15) is 26.4 Å². The summed E-state index contributed by atoms with van der Waals surface area (Å²) < 4.78 is 7.46. The Morgan fingerprint density at radius 1 is 1.09 bits per heavy atom. The number of nitrogens with one attached hydrogen (secondary N) is 2. The van der Waals surface area contributed by atoms with Crippen LogP contribution >= 0.6 is 0 Å². The molecule has 1 aromatic heterocycles. The number of hydrogen-bond acceptors (Lipinski definition) is 6. The summed E-state index contributed by atoms with van der Waals surface area (Å²) >= 11 is 0. The Balaban J connectivity index is 1.64. The molecule has 0 spiro atoms. The number of hydrogen-bond donors (Lipinski definition) is 4. The Bertz CT molecular complexity index is 1650. The molecule has 2 heterocycles. The Labute approximate surface area is 197 Å². The second-order valence-electron chi connectivity index (χ2n) is 8.01. The van der Waals surface area contributed by atoms with Crippen LogP contribution in [-0.4, -0.2) is 32.4 Å². The van der Waals surface area contributed by atoms with E-state index in [1.54, 1.807) is 36.1 Å². The molecule has 2 aromatic carbocycles. The van der Waals surface area contributed by atoms with Crippen molar-refractivity contribution in [2.75, 3.05) is 0 Å². The standard InChI is InChI=1S/C25H18N4O6/c1-29-12-14(27-28-29)11-26-24(32)13-2-5-17(20(8-13)25(33)34)23-18-6-3-15(30)9-21(18)35-22-10-16(31)4-7-19(22)23/h2-10,12H,11H2,1H3,(H3,26,30,31,32,33,34)/p+1. The van der Waals surface area contributed by atoms with Crippen molar-refractivity contribution >= 4 is 22.8 Å². The number of fused-ring (bicyclic) bond motifs is 2. The highest BCUT2D eigenvalue weighted by Gasteiger charge is 2.23. The molecule has 0 saturated heterocycles. The van der Waals surface area contributed by atoms with Crippen molar-refractivity contribution < 1.29 is 28.9 Å². The van der Waals surface area contributed by atoms with Gasteiger partial charge >= 0.3 is 5.97 Å². The number of nitrogens with zero attached hydrogens (tertiary/aromatic N) is 2. The fourth-order valence-corrected chi connectivity index (χ4v) is 4.01. The van der Waals surface area contributed by atoms with Gasteiger partial charge in [-0.25, -0.2) is 4.79 Å². The molecule has 4 N–H and O–H groups in total. The van der Waals surface area contributed by atoms with E-state index in [9.17, 15) is 24.6 Å². The third kappa shape index (κ3) is 4.08. The number of carboxylic acids is 1. The Morgan fingerprint density at radius 2 is 1.89 bits per heavy atom. The van der Waals surface area contributed by atoms with Crippen LogP contribution in [0, 0.1) is 0 Å².